The van der Waals surface area contributed by atoms with Gasteiger partial charge in [0.05, 0.1) is 12.9 Å². The first-order valence-electron chi connectivity index (χ1n) is 7.76. The molecule has 2 heterocycles. The van der Waals surface area contributed by atoms with Crippen molar-refractivity contribution in [2.45, 2.75) is 10.5 Å². The van der Waals surface area contributed by atoms with Crippen LogP contribution in [0.1, 0.15) is 0 Å². The molecule has 0 aliphatic carbocycles. The molecule has 26 heavy (non-hydrogen) atoms. The van der Waals surface area contributed by atoms with Crippen LogP contribution in [0.5, 0.6) is 0 Å². The normalized spacial score (nSPS) is 17.2. The fourth-order valence-corrected chi connectivity index (χ4v) is 4.36. The van der Waals surface area contributed by atoms with Gasteiger partial charge in [-0.25, -0.2) is 0 Å². The second-order valence-corrected chi connectivity index (χ2v) is 8.07. The Hall–Kier alpha value is -1.71. The van der Waals surface area contributed by atoms with Gasteiger partial charge < -0.3 is 14.1 Å². The third-order valence-electron chi connectivity index (χ3n) is 3.68. The van der Waals surface area contributed by atoms with Crippen molar-refractivity contribution in [3.8, 4) is 11.5 Å². The van der Waals surface area contributed by atoms with Gasteiger partial charge >= 0.3 is 5.97 Å². The zero-order valence-corrected chi connectivity index (χ0v) is 16.3. The maximum Gasteiger partial charge on any atom is 0.320 e. The van der Waals surface area contributed by atoms with Crippen LogP contribution in [0.2, 0.25) is 5.02 Å². The molecule has 3 rings (SSSR count). The number of rotatable bonds is 5. The van der Waals surface area contributed by atoms with Gasteiger partial charge in [-0.3, -0.25) is 9.59 Å². The number of ether oxygens (including phenoxy) is 1. The summed E-state index contributed by atoms with van der Waals surface area (Å²) in [6.07, 6.45) is 0. The Morgan fingerprint density at radius 3 is 3.08 bits per heavy atom. The van der Waals surface area contributed by atoms with Crippen molar-refractivity contribution in [1.29, 1.82) is 0 Å². The fourth-order valence-electron chi connectivity index (χ4n) is 2.37. The molecule has 138 valence electrons. The number of hydrogen-bond acceptors (Lipinski definition) is 8. The average molecular weight is 414 g/mol. The second kappa shape index (κ2) is 8.79. The largest absolute Gasteiger partial charge is 0.468 e. The van der Waals surface area contributed by atoms with E-state index in [0.717, 1.165) is 5.56 Å². The molecule has 7 nitrogen and oxygen atoms in total. The molecule has 1 aromatic heterocycles. The molecule has 0 spiro atoms. The minimum Gasteiger partial charge on any atom is -0.468 e. The van der Waals surface area contributed by atoms with Crippen molar-refractivity contribution in [3.63, 3.8) is 0 Å². The number of nitrogens with zero attached hydrogens (tertiary/aromatic N) is 3. The highest BCUT2D eigenvalue weighted by atomic mass is 35.5. The number of aromatic nitrogens is 2. The summed E-state index contributed by atoms with van der Waals surface area (Å²) in [4.78, 5) is 25.7. The third-order valence-corrected chi connectivity index (χ3v) is 5.88. The molecule has 1 amide bonds. The summed E-state index contributed by atoms with van der Waals surface area (Å²) >= 11 is 8.63. The standard InChI is InChI=1S/C16H16ClN3O4S2/c1-23-15(22)12-8-20(5-6-25-12)13(21)9-26-16-19-18-14(24-16)10-3-2-4-11(17)7-10/h2-4,7,12H,5-6,8-9H2,1H3/t12-/m0/s1. The molecule has 0 unspecified atom stereocenters. The molecule has 0 N–H and O–H groups in total. The molecule has 0 bridgehead atoms. The summed E-state index contributed by atoms with van der Waals surface area (Å²) in [5.41, 5.74) is 0.720. The topological polar surface area (TPSA) is 85.5 Å². The number of carbonyl (C=O) groups excluding carboxylic acids is 2. The molecule has 1 aliphatic rings. The van der Waals surface area contributed by atoms with Gasteiger partial charge in [-0.05, 0) is 18.2 Å². The Labute approximate surface area is 163 Å². The van der Waals surface area contributed by atoms with Gasteiger partial charge in [0.25, 0.3) is 5.22 Å². The molecular formula is C16H16ClN3O4S2. The molecular weight excluding hydrogens is 398 g/mol. The Balaban J connectivity index is 1.56. The van der Waals surface area contributed by atoms with Crippen LogP contribution in [0, 0.1) is 0 Å². The number of methoxy groups -OCH3 is 1. The summed E-state index contributed by atoms with van der Waals surface area (Å²) in [6, 6.07) is 7.10. The quantitative estimate of drug-likeness (QED) is 0.546. The molecule has 2 aromatic rings. The lowest BCUT2D eigenvalue weighted by Crippen LogP contribution is -2.45. The van der Waals surface area contributed by atoms with Crippen molar-refractivity contribution in [2.24, 2.45) is 0 Å². The van der Waals surface area contributed by atoms with E-state index in [1.807, 2.05) is 6.07 Å². The van der Waals surface area contributed by atoms with Crippen LogP contribution in [0.25, 0.3) is 11.5 Å². The molecule has 0 radical (unpaired) electrons. The van der Waals surface area contributed by atoms with E-state index in [2.05, 4.69) is 10.2 Å². The molecule has 1 fully saturated rings. The summed E-state index contributed by atoms with van der Waals surface area (Å²) < 4.78 is 10.3. The van der Waals surface area contributed by atoms with Crippen LogP contribution in [-0.4, -0.2) is 63.9 Å². The summed E-state index contributed by atoms with van der Waals surface area (Å²) in [5.74, 6) is 0.836. The first kappa shape index (κ1) is 19.1. The van der Waals surface area contributed by atoms with Crippen molar-refractivity contribution in [1.82, 2.24) is 15.1 Å². The van der Waals surface area contributed by atoms with E-state index in [1.54, 1.807) is 23.1 Å². The summed E-state index contributed by atoms with van der Waals surface area (Å²) in [6.45, 7) is 0.962. The lowest BCUT2D eigenvalue weighted by atomic mass is 10.2. The number of carbonyl (C=O) groups is 2. The third kappa shape index (κ3) is 4.72. The average Bonchev–Trinajstić information content (AvgIpc) is 3.14. The number of thioether (sulfide) groups is 2. The number of halogens is 1. The van der Waals surface area contributed by atoms with E-state index >= 15 is 0 Å². The van der Waals surface area contributed by atoms with E-state index in [0.29, 0.717) is 35.0 Å². The zero-order valence-electron chi connectivity index (χ0n) is 13.9. The Kier molecular flexibility index (Phi) is 6.44. The van der Waals surface area contributed by atoms with Gasteiger partial charge in [0, 0.05) is 29.4 Å². The minimum absolute atomic E-state index is 0.0771. The van der Waals surface area contributed by atoms with Crippen LogP contribution < -0.4 is 0 Å². The molecule has 1 aromatic carbocycles. The smallest absolute Gasteiger partial charge is 0.320 e. The van der Waals surface area contributed by atoms with Gasteiger partial charge in [0.2, 0.25) is 11.8 Å². The van der Waals surface area contributed by atoms with Gasteiger partial charge in [-0.1, -0.05) is 29.4 Å². The lowest BCUT2D eigenvalue weighted by Gasteiger charge is -2.30. The number of esters is 1. The van der Waals surface area contributed by atoms with Crippen LogP contribution >= 0.6 is 35.1 Å². The van der Waals surface area contributed by atoms with E-state index in [-0.39, 0.29) is 22.9 Å². The van der Waals surface area contributed by atoms with Gasteiger partial charge in [-0.15, -0.1) is 22.0 Å². The van der Waals surface area contributed by atoms with Crippen LogP contribution in [-0.2, 0) is 14.3 Å². The second-order valence-electron chi connectivity index (χ2n) is 5.39. The zero-order chi connectivity index (χ0) is 18.5. The first-order valence-corrected chi connectivity index (χ1v) is 10.2. The maximum absolute atomic E-state index is 12.4. The van der Waals surface area contributed by atoms with Crippen molar-refractivity contribution in [3.05, 3.63) is 29.3 Å². The Morgan fingerprint density at radius 2 is 2.31 bits per heavy atom. The SMILES string of the molecule is COC(=O)[C@@H]1CN(C(=O)CSc2nnc(-c3cccc(Cl)c3)o2)CCS1. The number of benzene rings is 1. The lowest BCUT2D eigenvalue weighted by molar-refractivity contribution is -0.141. The predicted octanol–water partition coefficient (Wildman–Crippen LogP) is 2.60. The highest BCUT2D eigenvalue weighted by Crippen LogP contribution is 2.26. The van der Waals surface area contributed by atoms with E-state index in [4.69, 9.17) is 20.8 Å². The van der Waals surface area contributed by atoms with Gasteiger partial charge in [0.1, 0.15) is 5.25 Å². The van der Waals surface area contributed by atoms with Crippen molar-refractivity contribution in [2.75, 3.05) is 31.7 Å². The van der Waals surface area contributed by atoms with Gasteiger partial charge in [-0.2, -0.15) is 0 Å². The first-order chi connectivity index (χ1) is 12.6. The fraction of sp³-hybridized carbons (Fsp3) is 0.375. The Bertz CT molecular complexity index is 801. The highest BCUT2D eigenvalue weighted by molar-refractivity contribution is 8.00. The van der Waals surface area contributed by atoms with E-state index in [9.17, 15) is 9.59 Å². The summed E-state index contributed by atoms with van der Waals surface area (Å²) in [7, 11) is 1.35. The monoisotopic (exact) mass is 413 g/mol. The summed E-state index contributed by atoms with van der Waals surface area (Å²) in [5, 5.41) is 8.48. The van der Waals surface area contributed by atoms with E-state index in [1.165, 1.54) is 30.6 Å². The van der Waals surface area contributed by atoms with Crippen molar-refractivity contribution < 1.29 is 18.7 Å². The van der Waals surface area contributed by atoms with Crippen LogP contribution in [0.4, 0.5) is 0 Å². The maximum atomic E-state index is 12.4. The van der Waals surface area contributed by atoms with Gasteiger partial charge in [0.15, 0.2) is 0 Å². The molecule has 0 saturated carbocycles. The molecule has 10 heteroatoms. The van der Waals surface area contributed by atoms with Crippen LogP contribution in [0.15, 0.2) is 33.9 Å². The predicted molar refractivity (Wildman–Crippen MR) is 100 cm³/mol. The van der Waals surface area contributed by atoms with Crippen molar-refractivity contribution >= 4 is 47.0 Å². The molecule has 1 saturated heterocycles. The number of hydrogen-bond donors (Lipinski definition) is 0. The molecule has 1 atom stereocenters. The number of amides is 1. The minimum atomic E-state index is -0.333. The van der Waals surface area contributed by atoms with Crippen LogP contribution in [0.3, 0.4) is 0 Å². The highest BCUT2D eigenvalue weighted by Gasteiger charge is 2.29. The molecule has 1 aliphatic heterocycles. The Morgan fingerprint density at radius 1 is 1.46 bits per heavy atom. The van der Waals surface area contributed by atoms with E-state index < -0.39 is 0 Å².